The van der Waals surface area contributed by atoms with Crippen LogP contribution in [0.3, 0.4) is 0 Å². The number of nitrogens with one attached hydrogen (secondary N) is 2. The number of benzene rings is 1. The van der Waals surface area contributed by atoms with Crippen LogP contribution >= 0.6 is 11.8 Å². The van der Waals surface area contributed by atoms with E-state index >= 15 is 0 Å². The Bertz CT molecular complexity index is 762. The molecule has 0 radical (unpaired) electrons. The Hall–Kier alpha value is -2.02. The van der Waals surface area contributed by atoms with E-state index in [0.29, 0.717) is 22.8 Å². The summed E-state index contributed by atoms with van der Waals surface area (Å²) < 4.78 is 5.17. The van der Waals surface area contributed by atoms with Crippen LogP contribution < -0.4 is 10.1 Å². The van der Waals surface area contributed by atoms with Gasteiger partial charge in [-0.05, 0) is 49.4 Å². The SMILES string of the molecule is COc1ccc(-c2nc(S[C@H](C)C(=O)N[C@@H]3CCC[C@@H](C)[C@H]3C)n[nH]2)cc1. The van der Waals surface area contributed by atoms with E-state index in [-0.39, 0.29) is 17.2 Å². The van der Waals surface area contributed by atoms with Gasteiger partial charge in [0.15, 0.2) is 5.82 Å². The molecular weight excluding hydrogens is 360 g/mol. The fourth-order valence-corrected chi connectivity index (χ4v) is 4.21. The van der Waals surface area contributed by atoms with Crippen molar-refractivity contribution in [2.45, 2.75) is 56.5 Å². The van der Waals surface area contributed by atoms with E-state index in [1.54, 1.807) is 7.11 Å². The number of nitrogens with zero attached hydrogens (tertiary/aromatic N) is 2. The molecule has 1 aromatic carbocycles. The highest BCUT2D eigenvalue weighted by molar-refractivity contribution is 8.00. The first-order chi connectivity index (χ1) is 13.0. The lowest BCUT2D eigenvalue weighted by Crippen LogP contribution is -2.46. The minimum Gasteiger partial charge on any atom is -0.497 e. The summed E-state index contributed by atoms with van der Waals surface area (Å²) in [5.74, 6) is 2.71. The van der Waals surface area contributed by atoms with Crippen molar-refractivity contribution in [3.05, 3.63) is 24.3 Å². The molecular formula is C20H28N4O2S. The summed E-state index contributed by atoms with van der Waals surface area (Å²) in [6, 6.07) is 7.89. The molecule has 0 spiro atoms. The van der Waals surface area contributed by atoms with Crippen molar-refractivity contribution in [2.75, 3.05) is 7.11 Å². The van der Waals surface area contributed by atoms with Gasteiger partial charge in [-0.25, -0.2) is 4.98 Å². The summed E-state index contributed by atoms with van der Waals surface area (Å²) in [5, 5.41) is 10.8. The minimum atomic E-state index is -0.242. The van der Waals surface area contributed by atoms with Gasteiger partial charge in [-0.3, -0.25) is 9.89 Å². The average Bonchev–Trinajstić information content (AvgIpc) is 3.14. The molecule has 1 fully saturated rings. The second kappa shape index (κ2) is 8.78. The summed E-state index contributed by atoms with van der Waals surface area (Å²) in [7, 11) is 1.64. The molecule has 0 aliphatic heterocycles. The average molecular weight is 389 g/mol. The minimum absolute atomic E-state index is 0.0572. The Labute approximate surface area is 164 Å². The van der Waals surface area contributed by atoms with Gasteiger partial charge in [0.05, 0.1) is 12.4 Å². The fraction of sp³-hybridized carbons (Fsp3) is 0.550. The van der Waals surface area contributed by atoms with Crippen molar-refractivity contribution >= 4 is 17.7 Å². The van der Waals surface area contributed by atoms with Gasteiger partial charge >= 0.3 is 0 Å². The normalized spacial score (nSPS) is 23.6. The van der Waals surface area contributed by atoms with Gasteiger partial charge in [0, 0.05) is 11.6 Å². The Balaban J connectivity index is 1.58. The van der Waals surface area contributed by atoms with Crippen LogP contribution in [0.5, 0.6) is 5.75 Å². The summed E-state index contributed by atoms with van der Waals surface area (Å²) in [4.78, 5) is 17.1. The third-order valence-corrected chi connectivity index (χ3v) is 6.48. The third kappa shape index (κ3) is 4.83. The number of hydrogen-bond donors (Lipinski definition) is 2. The van der Waals surface area contributed by atoms with Gasteiger partial charge in [-0.15, -0.1) is 5.10 Å². The van der Waals surface area contributed by atoms with E-state index in [2.05, 4.69) is 34.3 Å². The van der Waals surface area contributed by atoms with E-state index in [4.69, 9.17) is 4.74 Å². The van der Waals surface area contributed by atoms with Crippen LogP contribution in [0.1, 0.15) is 40.0 Å². The van der Waals surface area contributed by atoms with Gasteiger partial charge in [-0.2, -0.15) is 0 Å². The Morgan fingerprint density at radius 1 is 1.30 bits per heavy atom. The van der Waals surface area contributed by atoms with Crippen molar-refractivity contribution in [2.24, 2.45) is 11.8 Å². The second-order valence-electron chi connectivity index (χ2n) is 7.34. The van der Waals surface area contributed by atoms with Crippen molar-refractivity contribution in [3.8, 4) is 17.1 Å². The number of carbonyl (C=O) groups is 1. The van der Waals surface area contributed by atoms with Gasteiger partial charge in [0.25, 0.3) is 0 Å². The van der Waals surface area contributed by atoms with Crippen molar-refractivity contribution in [3.63, 3.8) is 0 Å². The zero-order valence-corrected chi connectivity index (χ0v) is 17.2. The number of thioether (sulfide) groups is 1. The third-order valence-electron chi connectivity index (χ3n) is 5.51. The zero-order valence-electron chi connectivity index (χ0n) is 16.4. The Morgan fingerprint density at radius 2 is 2.04 bits per heavy atom. The molecule has 3 rings (SSSR count). The molecule has 1 saturated carbocycles. The molecule has 1 heterocycles. The van der Waals surface area contributed by atoms with Crippen LogP contribution in [-0.4, -0.2) is 39.5 Å². The maximum absolute atomic E-state index is 12.6. The van der Waals surface area contributed by atoms with Crippen molar-refractivity contribution in [1.82, 2.24) is 20.5 Å². The number of aromatic nitrogens is 3. The van der Waals surface area contributed by atoms with E-state index < -0.39 is 0 Å². The lowest BCUT2D eigenvalue weighted by atomic mass is 9.78. The van der Waals surface area contributed by atoms with Gasteiger partial charge < -0.3 is 10.1 Å². The molecule has 2 aromatic rings. The predicted octanol–water partition coefficient (Wildman–Crippen LogP) is 3.90. The standard InChI is InChI=1S/C20H28N4O2S/c1-12-6-5-7-17(13(12)2)21-19(25)14(3)27-20-22-18(23-24-20)15-8-10-16(26-4)11-9-15/h8-14,17H,5-7H2,1-4H3,(H,21,25)(H,22,23,24)/t12-,13-,14-,17-/m1/s1. The molecule has 2 N–H and O–H groups in total. The Kier molecular flexibility index (Phi) is 6.42. The molecule has 6 nitrogen and oxygen atoms in total. The maximum Gasteiger partial charge on any atom is 0.233 e. The number of H-pyrrole nitrogens is 1. The molecule has 1 aliphatic rings. The first-order valence-electron chi connectivity index (χ1n) is 9.51. The molecule has 7 heteroatoms. The van der Waals surface area contributed by atoms with Crippen LogP contribution in [0.15, 0.2) is 29.4 Å². The van der Waals surface area contributed by atoms with Gasteiger partial charge in [-0.1, -0.05) is 38.5 Å². The van der Waals surface area contributed by atoms with Gasteiger partial charge in [0.1, 0.15) is 5.75 Å². The number of amides is 1. The second-order valence-corrected chi connectivity index (χ2v) is 8.65. The molecule has 0 saturated heterocycles. The highest BCUT2D eigenvalue weighted by Crippen LogP contribution is 2.30. The molecule has 0 unspecified atom stereocenters. The van der Waals surface area contributed by atoms with E-state index in [0.717, 1.165) is 17.7 Å². The molecule has 1 aromatic heterocycles. The van der Waals surface area contributed by atoms with E-state index in [9.17, 15) is 4.79 Å². The maximum atomic E-state index is 12.6. The highest BCUT2D eigenvalue weighted by Gasteiger charge is 2.29. The zero-order chi connectivity index (χ0) is 19.4. The quantitative estimate of drug-likeness (QED) is 0.734. The summed E-state index contributed by atoms with van der Waals surface area (Å²) in [5.41, 5.74) is 0.928. The lowest BCUT2D eigenvalue weighted by molar-refractivity contribution is -0.121. The van der Waals surface area contributed by atoms with Crippen LogP contribution in [0.4, 0.5) is 0 Å². The summed E-state index contributed by atoms with van der Waals surface area (Å²) in [6.07, 6.45) is 3.50. The smallest absolute Gasteiger partial charge is 0.233 e. The number of ether oxygens (including phenoxy) is 1. The number of methoxy groups -OCH3 is 1. The molecule has 4 atom stereocenters. The topological polar surface area (TPSA) is 79.9 Å². The van der Waals surface area contributed by atoms with Crippen LogP contribution in [-0.2, 0) is 4.79 Å². The first kappa shape index (κ1) is 19.7. The monoisotopic (exact) mass is 388 g/mol. The van der Waals surface area contributed by atoms with Crippen LogP contribution in [0, 0.1) is 11.8 Å². The molecule has 146 valence electrons. The largest absolute Gasteiger partial charge is 0.497 e. The molecule has 0 bridgehead atoms. The Morgan fingerprint density at radius 3 is 2.74 bits per heavy atom. The van der Waals surface area contributed by atoms with Crippen molar-refractivity contribution in [1.29, 1.82) is 0 Å². The van der Waals surface area contributed by atoms with Crippen molar-refractivity contribution < 1.29 is 9.53 Å². The molecule has 1 aliphatic carbocycles. The van der Waals surface area contributed by atoms with Gasteiger partial charge in [0.2, 0.25) is 11.1 Å². The summed E-state index contributed by atoms with van der Waals surface area (Å²) >= 11 is 1.38. The number of hydrogen-bond acceptors (Lipinski definition) is 5. The van der Waals surface area contributed by atoms with Crippen LogP contribution in [0.25, 0.3) is 11.4 Å². The number of aromatic amines is 1. The number of rotatable bonds is 6. The summed E-state index contributed by atoms with van der Waals surface area (Å²) in [6.45, 7) is 6.42. The van der Waals surface area contributed by atoms with E-state index in [1.807, 2.05) is 31.2 Å². The molecule has 1 amide bonds. The van der Waals surface area contributed by atoms with E-state index in [1.165, 1.54) is 24.6 Å². The lowest BCUT2D eigenvalue weighted by Gasteiger charge is -2.35. The van der Waals surface area contributed by atoms with Crippen LogP contribution in [0.2, 0.25) is 0 Å². The molecule has 27 heavy (non-hydrogen) atoms. The number of carbonyl (C=O) groups excluding carboxylic acids is 1. The highest BCUT2D eigenvalue weighted by atomic mass is 32.2. The predicted molar refractivity (Wildman–Crippen MR) is 108 cm³/mol. The first-order valence-corrected chi connectivity index (χ1v) is 10.4. The fourth-order valence-electron chi connectivity index (χ4n) is 3.47.